The summed E-state index contributed by atoms with van der Waals surface area (Å²) in [6.45, 7) is 2.10. The van der Waals surface area contributed by atoms with Crippen molar-refractivity contribution < 1.29 is 9.59 Å². The quantitative estimate of drug-likeness (QED) is 0.905. The Balaban J connectivity index is 1.67. The molecule has 8 heteroatoms. The summed E-state index contributed by atoms with van der Waals surface area (Å²) in [7, 11) is 0. The van der Waals surface area contributed by atoms with E-state index in [2.05, 4.69) is 10.4 Å². The van der Waals surface area contributed by atoms with Crippen molar-refractivity contribution in [1.82, 2.24) is 14.7 Å². The number of amides is 2. The van der Waals surface area contributed by atoms with Gasteiger partial charge in [0.2, 0.25) is 5.91 Å². The van der Waals surface area contributed by atoms with Crippen molar-refractivity contribution in [2.75, 3.05) is 11.9 Å². The minimum atomic E-state index is -0.315. The molecule has 0 radical (unpaired) electrons. The van der Waals surface area contributed by atoms with Crippen molar-refractivity contribution in [3.8, 4) is 0 Å². The molecule has 0 spiro atoms. The minimum absolute atomic E-state index is 0.238. The lowest BCUT2D eigenvalue weighted by Crippen LogP contribution is -2.31. The van der Waals surface area contributed by atoms with Gasteiger partial charge in [-0.05, 0) is 17.7 Å². The van der Waals surface area contributed by atoms with Gasteiger partial charge in [-0.25, -0.2) is 0 Å². The minimum Gasteiger partial charge on any atom is -0.355 e. The predicted molar refractivity (Wildman–Crippen MR) is 91.9 cm³/mol. The summed E-state index contributed by atoms with van der Waals surface area (Å²) in [6, 6.07) is 5.31. The van der Waals surface area contributed by atoms with Gasteiger partial charge in [0.05, 0.1) is 25.0 Å². The van der Waals surface area contributed by atoms with Crippen LogP contribution in [0.3, 0.4) is 0 Å². The second-order valence-electron chi connectivity index (χ2n) is 5.40. The van der Waals surface area contributed by atoms with E-state index in [1.165, 1.54) is 17.9 Å². The fraction of sp³-hybridized carbons (Fsp3) is 0.188. The molecule has 0 atom stereocenters. The van der Waals surface area contributed by atoms with Crippen LogP contribution in [0.5, 0.6) is 0 Å². The fourth-order valence-corrected chi connectivity index (χ4v) is 2.86. The predicted octanol–water partition coefficient (Wildman–Crippen LogP) is 2.92. The van der Waals surface area contributed by atoms with E-state index < -0.39 is 0 Å². The van der Waals surface area contributed by atoms with Gasteiger partial charge in [0.1, 0.15) is 0 Å². The molecule has 2 heterocycles. The number of benzene rings is 1. The number of halogens is 2. The second kappa shape index (κ2) is 6.67. The smallest absolute Gasteiger partial charge is 0.255 e. The maximum Gasteiger partial charge on any atom is 0.255 e. The number of anilines is 1. The van der Waals surface area contributed by atoms with E-state index in [1.54, 1.807) is 29.2 Å². The van der Waals surface area contributed by atoms with Gasteiger partial charge in [0, 0.05) is 34.9 Å². The first-order valence-corrected chi connectivity index (χ1v) is 7.94. The lowest BCUT2D eigenvalue weighted by atomic mass is 10.2. The summed E-state index contributed by atoms with van der Waals surface area (Å²) >= 11 is 12.0. The van der Waals surface area contributed by atoms with Gasteiger partial charge in [-0.2, -0.15) is 5.10 Å². The molecule has 1 aromatic carbocycles. The molecule has 1 aromatic heterocycles. The first-order valence-electron chi connectivity index (χ1n) is 7.18. The van der Waals surface area contributed by atoms with Gasteiger partial charge in [-0.1, -0.05) is 29.3 Å². The van der Waals surface area contributed by atoms with Crippen LogP contribution in [0, 0.1) is 0 Å². The lowest BCUT2D eigenvalue weighted by Gasteiger charge is -2.11. The number of hydrogen-bond donors (Lipinski definition) is 1. The number of carbonyl (C=O) groups excluding carboxylic acids is 2. The van der Waals surface area contributed by atoms with Gasteiger partial charge in [-0.3, -0.25) is 19.2 Å². The Kier molecular flexibility index (Phi) is 4.59. The Hall–Kier alpha value is -2.31. The molecule has 0 aliphatic carbocycles. The van der Waals surface area contributed by atoms with Crippen LogP contribution in [-0.4, -0.2) is 33.0 Å². The van der Waals surface area contributed by atoms with Crippen molar-refractivity contribution >= 4 is 40.7 Å². The molecule has 1 N–H and O–H groups in total. The Morgan fingerprint density at radius 3 is 2.83 bits per heavy atom. The van der Waals surface area contributed by atoms with Crippen LogP contribution in [0.1, 0.15) is 12.5 Å². The number of nitrogens with zero attached hydrogens (tertiary/aromatic N) is 3. The summed E-state index contributed by atoms with van der Waals surface area (Å²) in [5.74, 6) is -0.591. The van der Waals surface area contributed by atoms with Crippen LogP contribution in [0.4, 0.5) is 5.69 Å². The number of rotatable bonds is 4. The fourth-order valence-electron chi connectivity index (χ4n) is 2.39. The van der Waals surface area contributed by atoms with E-state index in [9.17, 15) is 9.59 Å². The largest absolute Gasteiger partial charge is 0.355 e. The highest BCUT2D eigenvalue weighted by atomic mass is 35.5. The summed E-state index contributed by atoms with van der Waals surface area (Å²) in [5, 5.41) is 8.52. The molecule has 0 saturated carbocycles. The maximum absolute atomic E-state index is 11.7. The molecule has 6 nitrogen and oxygen atoms in total. The summed E-state index contributed by atoms with van der Waals surface area (Å²) < 4.78 is 1.72. The number of hydrogen-bond acceptors (Lipinski definition) is 4. The Morgan fingerprint density at radius 2 is 2.17 bits per heavy atom. The summed E-state index contributed by atoms with van der Waals surface area (Å²) in [5.41, 5.74) is 2.28. The first-order chi connectivity index (χ1) is 11.4. The van der Waals surface area contributed by atoms with Gasteiger partial charge in [0.25, 0.3) is 5.91 Å². The molecule has 2 aromatic rings. The summed E-state index contributed by atoms with van der Waals surface area (Å²) in [6.07, 6.45) is 4.85. The highest BCUT2D eigenvalue weighted by Gasteiger charge is 2.24. The number of aromatic nitrogens is 2. The van der Waals surface area contributed by atoms with Crippen LogP contribution in [0.2, 0.25) is 10.0 Å². The molecule has 24 heavy (non-hydrogen) atoms. The number of carbonyl (C=O) groups is 2. The average Bonchev–Trinajstić information content (AvgIpc) is 3.09. The van der Waals surface area contributed by atoms with Crippen LogP contribution in [-0.2, 0) is 16.1 Å². The summed E-state index contributed by atoms with van der Waals surface area (Å²) in [4.78, 5) is 24.2. The molecular weight excluding hydrogens is 351 g/mol. The van der Waals surface area contributed by atoms with Crippen LogP contribution in [0.15, 0.2) is 42.4 Å². The Morgan fingerprint density at radius 1 is 1.38 bits per heavy atom. The Labute approximate surface area is 148 Å². The maximum atomic E-state index is 11.7. The van der Waals surface area contributed by atoms with Gasteiger partial charge < -0.3 is 5.32 Å². The van der Waals surface area contributed by atoms with Crippen LogP contribution in [0.25, 0.3) is 0 Å². The third-order valence-corrected chi connectivity index (χ3v) is 4.14. The molecule has 0 saturated heterocycles. The molecule has 1 aliphatic rings. The SMILES string of the molecule is CC(=O)N1CC(Nc2cnn(Cc3ccc(Cl)cc3Cl)c2)=CC1=O. The van der Waals surface area contributed by atoms with Crippen molar-refractivity contribution in [3.63, 3.8) is 0 Å². The van der Waals surface area contributed by atoms with E-state index in [0.717, 1.165) is 11.3 Å². The zero-order chi connectivity index (χ0) is 17.3. The zero-order valence-corrected chi connectivity index (χ0v) is 14.3. The molecule has 1 aliphatic heterocycles. The van der Waals surface area contributed by atoms with E-state index in [0.29, 0.717) is 22.3 Å². The lowest BCUT2D eigenvalue weighted by molar-refractivity contribution is -0.138. The monoisotopic (exact) mass is 364 g/mol. The van der Waals surface area contributed by atoms with Crippen molar-refractivity contribution in [1.29, 1.82) is 0 Å². The average molecular weight is 365 g/mol. The molecule has 0 unspecified atom stereocenters. The molecular formula is C16H14Cl2N4O2. The van der Waals surface area contributed by atoms with Crippen molar-refractivity contribution in [2.24, 2.45) is 0 Å². The molecule has 2 amide bonds. The van der Waals surface area contributed by atoms with Crippen molar-refractivity contribution in [3.05, 3.63) is 58.0 Å². The zero-order valence-electron chi connectivity index (χ0n) is 12.8. The van der Waals surface area contributed by atoms with Crippen molar-refractivity contribution in [2.45, 2.75) is 13.5 Å². The highest BCUT2D eigenvalue weighted by Crippen LogP contribution is 2.22. The van der Waals surface area contributed by atoms with E-state index in [4.69, 9.17) is 23.2 Å². The van der Waals surface area contributed by atoms with Gasteiger partial charge >= 0.3 is 0 Å². The van der Waals surface area contributed by atoms with E-state index in [1.807, 2.05) is 6.07 Å². The third-order valence-electron chi connectivity index (χ3n) is 3.56. The van der Waals surface area contributed by atoms with Gasteiger partial charge in [0.15, 0.2) is 0 Å². The van der Waals surface area contributed by atoms with Crippen LogP contribution >= 0.6 is 23.2 Å². The van der Waals surface area contributed by atoms with E-state index >= 15 is 0 Å². The number of imide groups is 1. The molecule has 124 valence electrons. The van der Waals surface area contributed by atoms with Gasteiger partial charge in [-0.15, -0.1) is 0 Å². The number of nitrogens with one attached hydrogen (secondary N) is 1. The molecule has 3 rings (SSSR count). The second-order valence-corrected chi connectivity index (χ2v) is 6.24. The topological polar surface area (TPSA) is 67.2 Å². The van der Waals surface area contributed by atoms with Crippen LogP contribution < -0.4 is 5.32 Å². The highest BCUT2D eigenvalue weighted by molar-refractivity contribution is 6.35. The molecule has 0 fully saturated rings. The normalized spacial score (nSPS) is 14.0. The Bertz CT molecular complexity index is 844. The molecule has 0 bridgehead atoms. The third kappa shape index (κ3) is 3.60. The van der Waals surface area contributed by atoms with E-state index in [-0.39, 0.29) is 18.4 Å². The first kappa shape index (κ1) is 16.5. The standard InChI is InChI=1S/C16H14Cl2N4O2/c1-10(23)22-9-13(5-16(22)24)20-14-6-19-21(8-14)7-11-2-3-12(17)4-15(11)18/h2-6,8,20H,7,9H2,1H3.